The first kappa shape index (κ1) is 26.1. The number of nitrogens with zero attached hydrogens (tertiary/aromatic N) is 2. The van der Waals surface area contributed by atoms with Gasteiger partial charge in [0.2, 0.25) is 11.8 Å². The summed E-state index contributed by atoms with van der Waals surface area (Å²) < 4.78 is 11.9. The molecule has 0 aliphatic rings. The maximum absolute atomic E-state index is 11.2. The standard InChI is InChI=1S/C31H32N4O4/c1-20(2)17-35(22-11-13-24(14-12-22)39-29-15-10-21(16-33-29)31(32)37)18-23(36)19-38-28-9-5-8-27-30(28)25-6-3-4-7-26(25)34-27/h3-16,20,23,34,36H,17-19H2,1-2H3,(H2,32,37)/t23-/m0/s1. The fourth-order valence-electron chi connectivity index (χ4n) is 4.64. The minimum absolute atomic E-state index is 0.168. The summed E-state index contributed by atoms with van der Waals surface area (Å²) in [5, 5.41) is 13.1. The van der Waals surface area contributed by atoms with Crippen molar-refractivity contribution in [1.82, 2.24) is 9.97 Å². The van der Waals surface area contributed by atoms with Gasteiger partial charge in [0.1, 0.15) is 24.2 Å². The van der Waals surface area contributed by atoms with E-state index in [2.05, 4.69) is 34.8 Å². The van der Waals surface area contributed by atoms with Crippen molar-refractivity contribution in [2.24, 2.45) is 11.7 Å². The van der Waals surface area contributed by atoms with Crippen LogP contribution in [0.4, 0.5) is 5.69 Å². The number of aliphatic hydroxyl groups is 1. The van der Waals surface area contributed by atoms with Crippen LogP contribution in [0.5, 0.6) is 17.4 Å². The molecule has 1 amide bonds. The molecule has 4 N–H and O–H groups in total. The smallest absolute Gasteiger partial charge is 0.250 e. The quantitative estimate of drug-likeness (QED) is 0.210. The highest BCUT2D eigenvalue weighted by molar-refractivity contribution is 6.10. The first-order valence-corrected chi connectivity index (χ1v) is 13.0. The molecule has 1 atom stereocenters. The summed E-state index contributed by atoms with van der Waals surface area (Å²) in [7, 11) is 0. The maximum atomic E-state index is 11.2. The van der Waals surface area contributed by atoms with Crippen LogP contribution in [0, 0.1) is 5.92 Å². The molecule has 2 aromatic heterocycles. The molecule has 8 nitrogen and oxygen atoms in total. The molecule has 0 bridgehead atoms. The summed E-state index contributed by atoms with van der Waals surface area (Å²) in [4.78, 5) is 20.9. The van der Waals surface area contributed by atoms with Crippen molar-refractivity contribution in [2.75, 3.05) is 24.6 Å². The molecule has 0 unspecified atom stereocenters. The Labute approximate surface area is 227 Å². The fourth-order valence-corrected chi connectivity index (χ4v) is 4.64. The molecule has 0 spiro atoms. The second-order valence-corrected chi connectivity index (χ2v) is 9.96. The van der Waals surface area contributed by atoms with Gasteiger partial charge in [0.15, 0.2) is 0 Å². The molecule has 0 fully saturated rings. The minimum atomic E-state index is -0.701. The topological polar surface area (TPSA) is 114 Å². The molecule has 0 aliphatic heterocycles. The Morgan fingerprint density at radius 2 is 1.74 bits per heavy atom. The van der Waals surface area contributed by atoms with Crippen LogP contribution in [0.1, 0.15) is 24.2 Å². The van der Waals surface area contributed by atoms with Crippen molar-refractivity contribution in [3.05, 3.63) is 90.6 Å². The molecule has 200 valence electrons. The molecule has 0 saturated heterocycles. The van der Waals surface area contributed by atoms with Crippen LogP contribution < -0.4 is 20.1 Å². The van der Waals surface area contributed by atoms with Crippen molar-refractivity contribution < 1.29 is 19.4 Å². The van der Waals surface area contributed by atoms with Gasteiger partial charge >= 0.3 is 0 Å². The molecule has 2 heterocycles. The number of aromatic nitrogens is 2. The zero-order valence-corrected chi connectivity index (χ0v) is 22.0. The summed E-state index contributed by atoms with van der Waals surface area (Å²) in [5.41, 5.74) is 8.61. The second-order valence-electron chi connectivity index (χ2n) is 9.96. The summed E-state index contributed by atoms with van der Waals surface area (Å²) in [6.07, 6.45) is 0.687. The molecule has 3 aromatic carbocycles. The van der Waals surface area contributed by atoms with Gasteiger partial charge in [-0.05, 0) is 54.4 Å². The minimum Gasteiger partial charge on any atom is -0.490 e. The normalized spacial score (nSPS) is 12.1. The number of anilines is 1. The van der Waals surface area contributed by atoms with Crippen molar-refractivity contribution in [3.63, 3.8) is 0 Å². The number of pyridine rings is 1. The number of fused-ring (bicyclic) bond motifs is 3. The Bertz CT molecular complexity index is 1560. The van der Waals surface area contributed by atoms with E-state index >= 15 is 0 Å². The lowest BCUT2D eigenvalue weighted by molar-refractivity contribution is 0.1000. The van der Waals surface area contributed by atoms with E-state index < -0.39 is 12.0 Å². The number of nitrogens with one attached hydrogen (secondary N) is 1. The molecule has 39 heavy (non-hydrogen) atoms. The first-order chi connectivity index (χ1) is 18.9. The third-order valence-corrected chi connectivity index (χ3v) is 6.39. The lowest BCUT2D eigenvalue weighted by Crippen LogP contribution is -2.37. The average Bonchev–Trinajstić information content (AvgIpc) is 3.31. The van der Waals surface area contributed by atoms with Crippen molar-refractivity contribution in [2.45, 2.75) is 20.0 Å². The largest absolute Gasteiger partial charge is 0.490 e. The van der Waals surface area contributed by atoms with Crippen LogP contribution in [-0.4, -0.2) is 46.8 Å². The molecule has 5 aromatic rings. The fraction of sp³-hybridized carbons (Fsp3) is 0.226. The number of aromatic amines is 1. The van der Waals surface area contributed by atoms with Crippen molar-refractivity contribution in [1.29, 1.82) is 0 Å². The van der Waals surface area contributed by atoms with E-state index in [0.717, 1.165) is 39.8 Å². The Kier molecular flexibility index (Phi) is 7.65. The number of H-pyrrole nitrogens is 1. The van der Waals surface area contributed by atoms with E-state index in [1.54, 1.807) is 12.1 Å². The lowest BCUT2D eigenvalue weighted by atomic mass is 10.1. The summed E-state index contributed by atoms with van der Waals surface area (Å²) in [6, 6.07) is 24.9. The number of carbonyl (C=O) groups excluding carboxylic acids is 1. The van der Waals surface area contributed by atoms with E-state index in [4.69, 9.17) is 15.2 Å². The number of amides is 1. The van der Waals surface area contributed by atoms with Gasteiger partial charge in [0.05, 0.1) is 11.1 Å². The second kappa shape index (κ2) is 11.4. The highest BCUT2D eigenvalue weighted by Gasteiger charge is 2.17. The van der Waals surface area contributed by atoms with Crippen LogP contribution in [0.3, 0.4) is 0 Å². The Morgan fingerprint density at radius 1 is 0.974 bits per heavy atom. The Morgan fingerprint density at radius 3 is 2.46 bits per heavy atom. The summed E-state index contributed by atoms with van der Waals surface area (Å²) in [6.45, 7) is 5.64. The highest BCUT2D eigenvalue weighted by Crippen LogP contribution is 2.33. The number of para-hydroxylation sites is 1. The SMILES string of the molecule is CC(C)CN(C[C@H](O)COc1cccc2[nH]c3ccccc3c12)c1ccc(Oc2ccc(C(N)=O)cn2)cc1. The molecule has 5 rings (SSSR count). The number of primary amides is 1. The predicted octanol–water partition coefficient (Wildman–Crippen LogP) is 5.51. The van der Waals surface area contributed by atoms with Crippen LogP contribution in [0.25, 0.3) is 21.8 Å². The monoisotopic (exact) mass is 524 g/mol. The van der Waals surface area contributed by atoms with E-state index in [1.165, 1.54) is 6.20 Å². The van der Waals surface area contributed by atoms with E-state index in [9.17, 15) is 9.90 Å². The van der Waals surface area contributed by atoms with E-state index in [1.807, 2.05) is 60.7 Å². The van der Waals surface area contributed by atoms with Gasteiger partial charge in [-0.1, -0.05) is 38.1 Å². The average molecular weight is 525 g/mol. The van der Waals surface area contributed by atoms with Gasteiger partial charge in [0.25, 0.3) is 0 Å². The van der Waals surface area contributed by atoms with Gasteiger partial charge in [-0.2, -0.15) is 0 Å². The third kappa shape index (κ3) is 6.13. The number of aliphatic hydroxyl groups excluding tert-OH is 1. The summed E-state index contributed by atoms with van der Waals surface area (Å²) >= 11 is 0. The number of benzene rings is 3. The molecular weight excluding hydrogens is 492 g/mol. The number of hydrogen-bond acceptors (Lipinski definition) is 6. The lowest BCUT2D eigenvalue weighted by Gasteiger charge is -2.29. The number of ether oxygens (including phenoxy) is 2. The van der Waals surface area contributed by atoms with Gasteiger partial charge in [-0.15, -0.1) is 0 Å². The Balaban J connectivity index is 1.25. The van der Waals surface area contributed by atoms with E-state index in [0.29, 0.717) is 29.7 Å². The van der Waals surface area contributed by atoms with Crippen LogP contribution in [0.15, 0.2) is 85.1 Å². The third-order valence-electron chi connectivity index (χ3n) is 6.39. The summed E-state index contributed by atoms with van der Waals surface area (Å²) in [5.74, 6) is 1.58. The number of nitrogens with two attached hydrogens (primary N) is 1. The zero-order chi connectivity index (χ0) is 27.4. The van der Waals surface area contributed by atoms with Gasteiger partial charge in [-0.3, -0.25) is 4.79 Å². The predicted molar refractivity (Wildman–Crippen MR) is 154 cm³/mol. The van der Waals surface area contributed by atoms with Crippen molar-refractivity contribution >= 4 is 33.4 Å². The van der Waals surface area contributed by atoms with Crippen LogP contribution >= 0.6 is 0 Å². The molecule has 0 saturated carbocycles. The number of carbonyl (C=O) groups is 1. The Hall–Kier alpha value is -4.56. The maximum Gasteiger partial charge on any atom is 0.250 e. The molecule has 8 heteroatoms. The van der Waals surface area contributed by atoms with Crippen LogP contribution in [0.2, 0.25) is 0 Å². The molecule has 0 radical (unpaired) electrons. The van der Waals surface area contributed by atoms with Crippen molar-refractivity contribution in [3.8, 4) is 17.4 Å². The number of hydrogen-bond donors (Lipinski definition) is 3. The highest BCUT2D eigenvalue weighted by atomic mass is 16.5. The van der Waals surface area contributed by atoms with Gasteiger partial charge in [-0.25, -0.2) is 4.98 Å². The zero-order valence-electron chi connectivity index (χ0n) is 22.0. The molecular formula is C31H32N4O4. The molecule has 0 aliphatic carbocycles. The first-order valence-electron chi connectivity index (χ1n) is 13.0. The van der Waals surface area contributed by atoms with Gasteiger partial charge < -0.3 is 30.2 Å². The van der Waals surface area contributed by atoms with Crippen LogP contribution in [-0.2, 0) is 0 Å². The number of rotatable bonds is 11. The van der Waals surface area contributed by atoms with Gasteiger partial charge in [0, 0.05) is 47.3 Å². The van der Waals surface area contributed by atoms with E-state index in [-0.39, 0.29) is 6.61 Å².